The third-order valence-electron chi connectivity index (χ3n) is 6.43. The summed E-state index contributed by atoms with van der Waals surface area (Å²) in [7, 11) is 4.28. The minimum absolute atomic E-state index is 0. The van der Waals surface area contributed by atoms with E-state index in [1.54, 1.807) is 30.4 Å². The first-order chi connectivity index (χ1) is 18.1. The Labute approximate surface area is 242 Å². The normalized spacial score (nSPS) is 17.4. The number of nitrogens with zero attached hydrogens (tertiary/aromatic N) is 3. The van der Waals surface area contributed by atoms with E-state index in [0.29, 0.717) is 28.8 Å². The number of allylic oxidation sites excluding steroid dienone is 1. The van der Waals surface area contributed by atoms with Crippen molar-refractivity contribution in [1.82, 2.24) is 14.7 Å². The van der Waals surface area contributed by atoms with Crippen LogP contribution in [-0.4, -0.2) is 53.7 Å². The van der Waals surface area contributed by atoms with E-state index in [0.717, 1.165) is 9.80 Å². The molecule has 0 saturated carbocycles. The van der Waals surface area contributed by atoms with Gasteiger partial charge in [0, 0.05) is 40.1 Å². The smallest absolute Gasteiger partial charge is 0.356 e. The molecule has 214 valence electrons. The zero-order valence-corrected chi connectivity index (χ0v) is 23.6. The molecule has 2 aromatic rings. The molecule has 13 heteroatoms. The first-order valence-corrected chi connectivity index (χ1v) is 11.5. The third-order valence-corrected chi connectivity index (χ3v) is 6.43. The lowest BCUT2D eigenvalue weighted by Gasteiger charge is -2.39. The van der Waals surface area contributed by atoms with Crippen molar-refractivity contribution in [2.75, 3.05) is 21.1 Å². The Morgan fingerprint density at radius 1 is 0.950 bits per heavy atom. The number of hydrogen-bond donors (Lipinski definition) is 0. The van der Waals surface area contributed by atoms with Crippen molar-refractivity contribution >= 4 is 41.4 Å². The van der Waals surface area contributed by atoms with Crippen LogP contribution in [0.15, 0.2) is 72.1 Å². The molecule has 40 heavy (non-hydrogen) atoms. The zero-order valence-electron chi connectivity index (χ0n) is 21.3. The quantitative estimate of drug-likeness (QED) is 0.291. The van der Waals surface area contributed by atoms with E-state index < -0.39 is 59.3 Å². The molecular formula is C27H23F7IN3O2. The molecule has 2 amide bonds. The molecule has 0 N–H and O–H groups in total. The molecule has 4 rings (SSSR count). The largest absolute Gasteiger partial charge is 0.416 e. The number of amides is 2. The van der Waals surface area contributed by atoms with Gasteiger partial charge in [0.1, 0.15) is 11.9 Å². The Balaban J connectivity index is 0.00000441. The SMILES string of the molecule is CN1C=CC2=C(c3ccc(F)cc3)C(C(=O)N(C)Cc3cc(C(F)(F)F)cc(C(F)(F)F)c3)N(C)C(=O)C2=C1.I. The number of rotatable bonds is 4. The van der Waals surface area contributed by atoms with Crippen molar-refractivity contribution in [2.24, 2.45) is 0 Å². The second-order valence-corrected chi connectivity index (χ2v) is 9.29. The molecule has 2 aromatic carbocycles. The van der Waals surface area contributed by atoms with E-state index in [1.807, 2.05) is 0 Å². The zero-order chi connectivity index (χ0) is 28.9. The molecule has 1 unspecified atom stereocenters. The van der Waals surface area contributed by atoms with E-state index in [9.17, 15) is 40.3 Å². The minimum atomic E-state index is -5.04. The fourth-order valence-electron chi connectivity index (χ4n) is 4.55. The van der Waals surface area contributed by atoms with Gasteiger partial charge in [0.2, 0.25) is 5.91 Å². The number of benzene rings is 2. The molecule has 0 bridgehead atoms. The van der Waals surface area contributed by atoms with Crippen LogP contribution < -0.4 is 0 Å². The van der Waals surface area contributed by atoms with E-state index in [2.05, 4.69) is 0 Å². The summed E-state index contributed by atoms with van der Waals surface area (Å²) in [6, 6.07) is 5.02. The summed E-state index contributed by atoms with van der Waals surface area (Å²) in [5.41, 5.74) is -1.99. The topological polar surface area (TPSA) is 43.9 Å². The van der Waals surface area contributed by atoms with Crippen molar-refractivity contribution < 1.29 is 40.3 Å². The third kappa shape index (κ3) is 6.18. The molecule has 0 radical (unpaired) electrons. The van der Waals surface area contributed by atoms with E-state index in [4.69, 9.17) is 0 Å². The maximum atomic E-state index is 13.7. The monoisotopic (exact) mass is 681 g/mol. The van der Waals surface area contributed by atoms with Gasteiger partial charge in [-0.2, -0.15) is 26.3 Å². The van der Waals surface area contributed by atoms with Gasteiger partial charge >= 0.3 is 12.4 Å². The van der Waals surface area contributed by atoms with Gasteiger partial charge in [0.25, 0.3) is 5.91 Å². The first-order valence-electron chi connectivity index (χ1n) is 11.5. The van der Waals surface area contributed by atoms with Gasteiger partial charge in [-0.15, -0.1) is 24.0 Å². The summed E-state index contributed by atoms with van der Waals surface area (Å²) in [6.07, 6.45) is -5.27. The highest BCUT2D eigenvalue weighted by Crippen LogP contribution is 2.39. The number of carbonyl (C=O) groups excluding carboxylic acids is 2. The van der Waals surface area contributed by atoms with Gasteiger partial charge < -0.3 is 14.7 Å². The van der Waals surface area contributed by atoms with E-state index in [-0.39, 0.29) is 35.6 Å². The van der Waals surface area contributed by atoms with Crippen LogP contribution in [0.1, 0.15) is 22.3 Å². The van der Waals surface area contributed by atoms with Crippen LogP contribution in [0.2, 0.25) is 0 Å². The highest BCUT2D eigenvalue weighted by atomic mass is 127. The minimum Gasteiger partial charge on any atom is -0.356 e. The second-order valence-electron chi connectivity index (χ2n) is 9.29. The Bertz CT molecular complexity index is 1380. The maximum Gasteiger partial charge on any atom is 0.416 e. The molecule has 2 aliphatic rings. The lowest BCUT2D eigenvalue weighted by molar-refractivity contribution is -0.143. The van der Waals surface area contributed by atoms with Crippen LogP contribution in [0.25, 0.3) is 5.57 Å². The standard InChI is InChI=1S/C27H22F7N3O2.HI/c1-35-9-8-20-21(14-35)24(38)37(3)23(22(20)16-4-6-19(28)7-5-16)25(39)36(2)13-15-10-17(26(29,30)31)12-18(11-15)27(32,33)34;/h4-12,14,23H,13H2,1-3H3;1H. The summed E-state index contributed by atoms with van der Waals surface area (Å²) in [5.74, 6) is -1.81. The summed E-state index contributed by atoms with van der Waals surface area (Å²) in [5, 5.41) is 0. The number of carbonyl (C=O) groups is 2. The van der Waals surface area contributed by atoms with E-state index >= 15 is 0 Å². The molecule has 2 aliphatic heterocycles. The van der Waals surface area contributed by atoms with Crippen LogP contribution in [0.3, 0.4) is 0 Å². The van der Waals surface area contributed by atoms with E-state index in [1.165, 1.54) is 38.4 Å². The summed E-state index contributed by atoms with van der Waals surface area (Å²) in [6.45, 7) is -0.600. The molecular weight excluding hydrogens is 658 g/mol. The van der Waals surface area contributed by atoms with Crippen molar-refractivity contribution in [1.29, 1.82) is 0 Å². The molecule has 2 heterocycles. The summed E-state index contributed by atoms with van der Waals surface area (Å²) < 4.78 is 93.7. The highest BCUT2D eigenvalue weighted by molar-refractivity contribution is 14.0. The number of fused-ring (bicyclic) bond motifs is 1. The van der Waals surface area contributed by atoms with Crippen molar-refractivity contribution in [3.63, 3.8) is 0 Å². The van der Waals surface area contributed by atoms with Gasteiger partial charge in [0.05, 0.1) is 16.7 Å². The van der Waals surface area contributed by atoms with Crippen LogP contribution in [0.4, 0.5) is 30.7 Å². The number of alkyl halides is 6. The number of likely N-dealkylation sites (N-methyl/N-ethyl adjacent to an activating group) is 2. The molecule has 5 nitrogen and oxygen atoms in total. The van der Waals surface area contributed by atoms with Crippen LogP contribution in [0, 0.1) is 5.82 Å². The Morgan fingerprint density at radius 2 is 1.50 bits per heavy atom. The predicted octanol–water partition coefficient (Wildman–Crippen LogP) is 6.08. The fourth-order valence-corrected chi connectivity index (χ4v) is 4.55. The van der Waals surface area contributed by atoms with Gasteiger partial charge in [-0.05, 0) is 58.7 Å². The molecule has 0 spiro atoms. The van der Waals surface area contributed by atoms with Crippen molar-refractivity contribution in [3.8, 4) is 0 Å². The molecule has 1 atom stereocenters. The van der Waals surface area contributed by atoms with Crippen LogP contribution >= 0.6 is 24.0 Å². The maximum absolute atomic E-state index is 13.7. The number of hydrogen-bond acceptors (Lipinski definition) is 3. The molecule has 0 saturated heterocycles. The van der Waals surface area contributed by atoms with Gasteiger partial charge in [-0.25, -0.2) is 4.39 Å². The average molecular weight is 681 g/mol. The first kappa shape index (κ1) is 31.2. The molecule has 0 aromatic heterocycles. The summed E-state index contributed by atoms with van der Waals surface area (Å²) >= 11 is 0. The molecule has 0 aliphatic carbocycles. The summed E-state index contributed by atoms with van der Waals surface area (Å²) in [4.78, 5) is 30.7. The molecule has 0 fully saturated rings. The second kappa shape index (κ2) is 11.3. The van der Waals surface area contributed by atoms with Crippen LogP contribution in [-0.2, 0) is 28.5 Å². The Morgan fingerprint density at radius 3 is 2.02 bits per heavy atom. The van der Waals surface area contributed by atoms with Gasteiger partial charge in [0.15, 0.2) is 0 Å². The Kier molecular flexibility index (Phi) is 8.77. The van der Waals surface area contributed by atoms with Crippen molar-refractivity contribution in [2.45, 2.75) is 24.9 Å². The average Bonchev–Trinajstić information content (AvgIpc) is 2.85. The lowest BCUT2D eigenvalue weighted by Crippen LogP contribution is -2.52. The highest BCUT2D eigenvalue weighted by Gasteiger charge is 2.42. The van der Waals surface area contributed by atoms with Gasteiger partial charge in [-0.3, -0.25) is 9.59 Å². The predicted molar refractivity (Wildman–Crippen MR) is 143 cm³/mol. The van der Waals surface area contributed by atoms with Crippen LogP contribution in [0.5, 0.6) is 0 Å². The lowest BCUT2D eigenvalue weighted by atomic mass is 9.83. The Hall–Kier alpha value is -3.36. The fraction of sp³-hybridized carbons (Fsp3) is 0.259. The van der Waals surface area contributed by atoms with Gasteiger partial charge in [-0.1, -0.05) is 12.1 Å². The number of halogens is 8. The van der Waals surface area contributed by atoms with Crippen molar-refractivity contribution in [3.05, 3.63) is 100 Å².